The zero-order chi connectivity index (χ0) is 15.9. The SMILES string of the molecule is CC.CC.CCC(C)(C)N1C(=O)CC(C)(C)CC1=O. The lowest BCUT2D eigenvalue weighted by Gasteiger charge is -2.43. The largest absolute Gasteiger partial charge is 0.277 e. The smallest absolute Gasteiger partial charge is 0.230 e. The van der Waals surface area contributed by atoms with Gasteiger partial charge in [0.15, 0.2) is 0 Å². The van der Waals surface area contributed by atoms with E-state index in [1.807, 2.05) is 62.3 Å². The molecule has 1 rings (SSSR count). The van der Waals surface area contributed by atoms with Crippen LogP contribution >= 0.6 is 0 Å². The second kappa shape index (κ2) is 8.34. The third kappa shape index (κ3) is 5.75. The van der Waals surface area contributed by atoms with Crippen molar-refractivity contribution in [3.05, 3.63) is 0 Å². The molecule has 0 aromatic rings. The molecule has 0 aromatic heterocycles. The summed E-state index contributed by atoms with van der Waals surface area (Å²) in [4.78, 5) is 25.3. The highest BCUT2D eigenvalue weighted by Crippen LogP contribution is 2.35. The summed E-state index contributed by atoms with van der Waals surface area (Å²) < 4.78 is 0. The van der Waals surface area contributed by atoms with Crippen LogP contribution in [0, 0.1) is 5.41 Å². The Kier molecular flexibility index (Phi) is 8.98. The maximum atomic E-state index is 11.9. The molecule has 0 atom stereocenters. The summed E-state index contributed by atoms with van der Waals surface area (Å²) in [5, 5.41) is 0. The Morgan fingerprint density at radius 1 is 1.00 bits per heavy atom. The summed E-state index contributed by atoms with van der Waals surface area (Å²) in [6.07, 6.45) is 1.75. The number of hydrogen-bond acceptors (Lipinski definition) is 2. The summed E-state index contributed by atoms with van der Waals surface area (Å²) in [7, 11) is 0. The molecule has 0 aliphatic carbocycles. The van der Waals surface area contributed by atoms with E-state index in [0.29, 0.717) is 12.8 Å². The molecule has 1 aliphatic rings. The number of likely N-dealkylation sites (tertiary alicyclic amines) is 1. The van der Waals surface area contributed by atoms with Crippen LogP contribution in [0.15, 0.2) is 0 Å². The Labute approximate surface area is 119 Å². The van der Waals surface area contributed by atoms with Crippen molar-refractivity contribution in [2.24, 2.45) is 5.41 Å². The molecular formula is C16H33NO2. The van der Waals surface area contributed by atoms with Gasteiger partial charge in [-0.15, -0.1) is 0 Å². The average Bonchev–Trinajstić information content (AvgIpc) is 2.31. The van der Waals surface area contributed by atoms with Crippen molar-refractivity contribution in [3.63, 3.8) is 0 Å². The van der Waals surface area contributed by atoms with Gasteiger partial charge in [-0.05, 0) is 25.7 Å². The summed E-state index contributed by atoms with van der Waals surface area (Å²) in [6.45, 7) is 17.8. The second-order valence-electron chi connectivity index (χ2n) is 5.81. The van der Waals surface area contributed by atoms with E-state index in [9.17, 15) is 9.59 Å². The lowest BCUT2D eigenvalue weighted by molar-refractivity contribution is -0.159. The van der Waals surface area contributed by atoms with Crippen molar-refractivity contribution in [1.82, 2.24) is 4.90 Å². The van der Waals surface area contributed by atoms with E-state index in [2.05, 4.69) is 0 Å². The lowest BCUT2D eigenvalue weighted by Crippen LogP contribution is -2.55. The molecule has 0 N–H and O–H groups in total. The number of rotatable bonds is 2. The first-order chi connectivity index (χ1) is 8.69. The molecule has 3 heteroatoms. The minimum atomic E-state index is -0.343. The fourth-order valence-electron chi connectivity index (χ4n) is 2.01. The molecule has 2 amide bonds. The topological polar surface area (TPSA) is 37.4 Å². The van der Waals surface area contributed by atoms with E-state index >= 15 is 0 Å². The van der Waals surface area contributed by atoms with Gasteiger partial charge in [-0.2, -0.15) is 0 Å². The standard InChI is InChI=1S/C12H21NO2.2C2H6/c1-6-12(4,5)13-9(14)7-11(2,3)8-10(13)15;2*1-2/h6-8H2,1-5H3;2*1-2H3. The molecule has 0 spiro atoms. The third-order valence-electron chi connectivity index (χ3n) is 3.23. The zero-order valence-electron chi connectivity index (χ0n) is 14.4. The Hall–Kier alpha value is -0.860. The number of amides is 2. The van der Waals surface area contributed by atoms with Gasteiger partial charge < -0.3 is 0 Å². The van der Waals surface area contributed by atoms with Gasteiger partial charge in [-0.25, -0.2) is 0 Å². The Morgan fingerprint density at radius 2 is 1.32 bits per heavy atom. The molecule has 19 heavy (non-hydrogen) atoms. The van der Waals surface area contributed by atoms with Gasteiger partial charge >= 0.3 is 0 Å². The zero-order valence-corrected chi connectivity index (χ0v) is 14.4. The molecule has 0 saturated carbocycles. The number of imide groups is 1. The maximum absolute atomic E-state index is 11.9. The molecule has 114 valence electrons. The van der Waals surface area contributed by atoms with E-state index in [-0.39, 0.29) is 22.8 Å². The normalized spacial score (nSPS) is 18.1. The molecule has 0 unspecified atom stereocenters. The van der Waals surface area contributed by atoms with Gasteiger partial charge in [0.1, 0.15) is 0 Å². The molecule has 1 saturated heterocycles. The van der Waals surface area contributed by atoms with E-state index in [1.165, 1.54) is 4.90 Å². The highest BCUT2D eigenvalue weighted by Gasteiger charge is 2.43. The Bertz CT molecular complexity index is 273. The van der Waals surface area contributed by atoms with Gasteiger partial charge in [-0.3, -0.25) is 14.5 Å². The summed E-state index contributed by atoms with van der Waals surface area (Å²) in [5.41, 5.74) is -0.515. The molecule has 3 nitrogen and oxygen atoms in total. The highest BCUT2D eigenvalue weighted by atomic mass is 16.2. The van der Waals surface area contributed by atoms with Gasteiger partial charge in [0, 0.05) is 18.4 Å². The molecule has 1 heterocycles. The van der Waals surface area contributed by atoms with Crippen molar-refractivity contribution in [1.29, 1.82) is 0 Å². The fraction of sp³-hybridized carbons (Fsp3) is 0.875. The summed E-state index contributed by atoms with van der Waals surface area (Å²) in [5.74, 6) is -0.0498. The van der Waals surface area contributed by atoms with Crippen molar-refractivity contribution < 1.29 is 9.59 Å². The number of piperidine rings is 1. The molecular weight excluding hydrogens is 238 g/mol. The maximum Gasteiger partial charge on any atom is 0.230 e. The first-order valence-electron chi connectivity index (χ1n) is 7.55. The van der Waals surface area contributed by atoms with E-state index in [1.54, 1.807) is 0 Å². The first kappa shape index (κ1) is 20.5. The average molecular weight is 271 g/mol. The number of nitrogens with zero attached hydrogens (tertiary/aromatic N) is 1. The van der Waals surface area contributed by atoms with Crippen LogP contribution in [0.2, 0.25) is 0 Å². The van der Waals surface area contributed by atoms with Gasteiger partial charge in [0.25, 0.3) is 0 Å². The van der Waals surface area contributed by atoms with Gasteiger partial charge in [0.05, 0.1) is 0 Å². The van der Waals surface area contributed by atoms with Crippen LogP contribution in [0.5, 0.6) is 0 Å². The van der Waals surface area contributed by atoms with Crippen molar-refractivity contribution in [3.8, 4) is 0 Å². The number of carbonyl (C=O) groups is 2. The summed E-state index contributed by atoms with van der Waals surface area (Å²) in [6, 6.07) is 0. The van der Waals surface area contributed by atoms with E-state index in [4.69, 9.17) is 0 Å². The number of hydrogen-bond donors (Lipinski definition) is 0. The van der Waals surface area contributed by atoms with Crippen LogP contribution in [0.3, 0.4) is 0 Å². The van der Waals surface area contributed by atoms with Crippen LogP contribution in [0.1, 0.15) is 81.6 Å². The van der Waals surface area contributed by atoms with Crippen molar-refractivity contribution >= 4 is 11.8 Å². The fourth-order valence-corrected chi connectivity index (χ4v) is 2.01. The highest BCUT2D eigenvalue weighted by molar-refractivity contribution is 5.99. The molecule has 1 aliphatic heterocycles. The van der Waals surface area contributed by atoms with Crippen molar-refractivity contribution in [2.45, 2.75) is 87.1 Å². The molecule has 0 radical (unpaired) electrons. The Balaban J connectivity index is 0. The quantitative estimate of drug-likeness (QED) is 0.698. The second-order valence-corrected chi connectivity index (χ2v) is 5.81. The van der Waals surface area contributed by atoms with Crippen LogP contribution in [0.25, 0.3) is 0 Å². The third-order valence-corrected chi connectivity index (χ3v) is 3.23. The van der Waals surface area contributed by atoms with E-state index < -0.39 is 0 Å². The molecule has 0 aromatic carbocycles. The van der Waals surface area contributed by atoms with Crippen molar-refractivity contribution in [2.75, 3.05) is 0 Å². The van der Waals surface area contributed by atoms with Crippen LogP contribution in [0.4, 0.5) is 0 Å². The lowest BCUT2D eigenvalue weighted by atomic mass is 9.80. The van der Waals surface area contributed by atoms with Gasteiger partial charge in [-0.1, -0.05) is 48.5 Å². The van der Waals surface area contributed by atoms with Crippen LogP contribution in [-0.4, -0.2) is 22.3 Å². The number of carbonyl (C=O) groups excluding carboxylic acids is 2. The Morgan fingerprint density at radius 3 is 1.58 bits per heavy atom. The first-order valence-corrected chi connectivity index (χ1v) is 7.55. The van der Waals surface area contributed by atoms with Gasteiger partial charge in [0.2, 0.25) is 11.8 Å². The summed E-state index contributed by atoms with van der Waals surface area (Å²) >= 11 is 0. The molecule has 0 bridgehead atoms. The minimum Gasteiger partial charge on any atom is -0.277 e. The van der Waals surface area contributed by atoms with E-state index in [0.717, 1.165) is 6.42 Å². The predicted molar refractivity (Wildman–Crippen MR) is 81.9 cm³/mol. The predicted octanol–water partition coefficient (Wildman–Crippen LogP) is 4.40. The minimum absolute atomic E-state index is 0.0249. The van der Waals surface area contributed by atoms with Crippen LogP contribution < -0.4 is 0 Å². The molecule has 1 fully saturated rings. The monoisotopic (exact) mass is 271 g/mol. The van der Waals surface area contributed by atoms with Crippen LogP contribution in [-0.2, 0) is 9.59 Å².